The van der Waals surface area contributed by atoms with Crippen LogP contribution in [0, 0.1) is 0 Å². The molecule has 76 valence electrons. The fourth-order valence-electron chi connectivity index (χ4n) is 0.918. The zero-order chi connectivity index (χ0) is 10.4. The topological polar surface area (TPSA) is 52.3 Å². The van der Waals surface area contributed by atoms with Crippen LogP contribution < -0.4 is 10.2 Å². The van der Waals surface area contributed by atoms with Crippen LogP contribution in [0.3, 0.4) is 0 Å². The van der Waals surface area contributed by atoms with Gasteiger partial charge in [-0.3, -0.25) is 0 Å². The molecule has 0 unspecified atom stereocenters. The molecule has 0 aliphatic carbocycles. The van der Waals surface area contributed by atoms with E-state index in [1.165, 1.54) is 11.6 Å². The number of anilines is 1. The third-order valence-electron chi connectivity index (χ3n) is 1.68. The van der Waals surface area contributed by atoms with Crippen LogP contribution in [-0.4, -0.2) is 28.0 Å². The molecular weight excluding hydrogens is 245 g/mol. The zero-order valence-electron chi connectivity index (χ0n) is 8.03. The fourth-order valence-corrected chi connectivity index (χ4v) is 2.67. The summed E-state index contributed by atoms with van der Waals surface area (Å²) in [6.45, 7) is 0. The number of hydrogen-bond acceptors (Lipinski definition) is 3. The molecule has 1 rings (SSSR count). The Balaban J connectivity index is 2.31. The van der Waals surface area contributed by atoms with E-state index in [1.807, 2.05) is 24.3 Å². The van der Waals surface area contributed by atoms with Gasteiger partial charge in [0.05, 0.1) is 0 Å². The standard InChI is InChI=1S/C10H13NO2Se/c1-13-10(12)6-7-14-9-4-2-8(11)3-5-9/h2-5H,6-7,11H2,1H3. The fraction of sp³-hybridized carbons (Fsp3) is 0.300. The van der Waals surface area contributed by atoms with Gasteiger partial charge in [-0.1, -0.05) is 0 Å². The second kappa shape index (κ2) is 5.68. The van der Waals surface area contributed by atoms with Crippen LogP contribution in [-0.2, 0) is 9.53 Å². The van der Waals surface area contributed by atoms with E-state index < -0.39 is 0 Å². The van der Waals surface area contributed by atoms with E-state index in [4.69, 9.17) is 5.73 Å². The maximum absolute atomic E-state index is 10.8. The Morgan fingerprint density at radius 3 is 2.64 bits per heavy atom. The van der Waals surface area contributed by atoms with Crippen LogP contribution in [0.25, 0.3) is 0 Å². The molecule has 0 saturated carbocycles. The third-order valence-corrected chi connectivity index (χ3v) is 3.81. The number of nitrogens with two attached hydrogens (primary N) is 1. The Labute approximate surface area is 89.8 Å². The molecule has 0 spiro atoms. The molecule has 4 heteroatoms. The molecule has 14 heavy (non-hydrogen) atoms. The van der Waals surface area contributed by atoms with Gasteiger partial charge in [-0.25, -0.2) is 0 Å². The normalized spacial score (nSPS) is 9.79. The van der Waals surface area contributed by atoms with Crippen LogP contribution in [0.5, 0.6) is 0 Å². The summed E-state index contributed by atoms with van der Waals surface area (Å²) in [5, 5.41) is 0.879. The van der Waals surface area contributed by atoms with Crippen molar-refractivity contribution < 1.29 is 9.53 Å². The van der Waals surface area contributed by atoms with E-state index in [0.717, 1.165) is 11.0 Å². The van der Waals surface area contributed by atoms with Crippen LogP contribution in [0.15, 0.2) is 24.3 Å². The van der Waals surface area contributed by atoms with Crippen molar-refractivity contribution in [3.63, 3.8) is 0 Å². The van der Waals surface area contributed by atoms with Crippen LogP contribution in [0.4, 0.5) is 5.69 Å². The average molecular weight is 258 g/mol. The molecule has 2 N–H and O–H groups in total. The number of rotatable bonds is 4. The van der Waals surface area contributed by atoms with Crippen LogP contribution in [0.1, 0.15) is 6.42 Å². The Hall–Kier alpha value is -0.991. The van der Waals surface area contributed by atoms with Gasteiger partial charge in [0.15, 0.2) is 0 Å². The van der Waals surface area contributed by atoms with E-state index in [9.17, 15) is 4.79 Å². The van der Waals surface area contributed by atoms with Crippen molar-refractivity contribution in [2.24, 2.45) is 0 Å². The van der Waals surface area contributed by atoms with Crippen LogP contribution in [0.2, 0.25) is 5.32 Å². The number of benzene rings is 1. The van der Waals surface area contributed by atoms with Gasteiger partial charge in [0, 0.05) is 0 Å². The van der Waals surface area contributed by atoms with Gasteiger partial charge >= 0.3 is 89.5 Å². The van der Waals surface area contributed by atoms with E-state index in [-0.39, 0.29) is 5.97 Å². The molecule has 0 aliphatic heterocycles. The summed E-state index contributed by atoms with van der Waals surface area (Å²) < 4.78 is 5.82. The first kappa shape index (κ1) is 11.1. The molecule has 0 atom stereocenters. The number of methoxy groups -OCH3 is 1. The van der Waals surface area contributed by atoms with E-state index in [0.29, 0.717) is 21.4 Å². The monoisotopic (exact) mass is 259 g/mol. The number of carbonyl (C=O) groups is 1. The summed E-state index contributed by atoms with van der Waals surface area (Å²) in [6.07, 6.45) is 0.501. The molecule has 0 radical (unpaired) electrons. The number of nitrogen functional groups attached to an aromatic ring is 1. The molecule has 0 fully saturated rings. The summed E-state index contributed by atoms with van der Waals surface area (Å²) in [6, 6.07) is 7.78. The Bertz CT molecular complexity index is 297. The van der Waals surface area contributed by atoms with Gasteiger partial charge < -0.3 is 0 Å². The number of hydrogen-bond donors (Lipinski definition) is 1. The van der Waals surface area contributed by atoms with Crippen molar-refractivity contribution in [3.05, 3.63) is 24.3 Å². The molecular formula is C10H13NO2Se. The van der Waals surface area contributed by atoms with Crippen LogP contribution >= 0.6 is 0 Å². The quantitative estimate of drug-likeness (QED) is 0.488. The van der Waals surface area contributed by atoms with Crippen molar-refractivity contribution >= 4 is 31.1 Å². The summed E-state index contributed by atoms with van der Waals surface area (Å²) >= 11 is 0.335. The maximum atomic E-state index is 10.8. The predicted octanol–water partition coefficient (Wildman–Crippen LogP) is 0.580. The molecule has 0 saturated heterocycles. The van der Waals surface area contributed by atoms with Gasteiger partial charge in [-0.15, -0.1) is 0 Å². The molecule has 0 bridgehead atoms. The van der Waals surface area contributed by atoms with Crippen molar-refractivity contribution in [2.45, 2.75) is 11.7 Å². The molecule has 3 nitrogen and oxygen atoms in total. The van der Waals surface area contributed by atoms with Gasteiger partial charge in [-0.2, -0.15) is 0 Å². The minimum atomic E-state index is -0.137. The van der Waals surface area contributed by atoms with E-state index in [1.54, 1.807) is 0 Å². The van der Waals surface area contributed by atoms with Gasteiger partial charge in [0.1, 0.15) is 0 Å². The average Bonchev–Trinajstić information content (AvgIpc) is 2.21. The first-order valence-corrected chi connectivity index (χ1v) is 6.34. The second-order valence-electron chi connectivity index (χ2n) is 2.74. The number of esters is 1. The van der Waals surface area contributed by atoms with Crippen molar-refractivity contribution in [2.75, 3.05) is 12.8 Å². The van der Waals surface area contributed by atoms with E-state index in [2.05, 4.69) is 4.74 Å². The first-order chi connectivity index (χ1) is 6.72. The molecule has 0 heterocycles. The van der Waals surface area contributed by atoms with Gasteiger partial charge in [0.2, 0.25) is 0 Å². The Morgan fingerprint density at radius 2 is 2.07 bits per heavy atom. The van der Waals surface area contributed by atoms with Crippen molar-refractivity contribution in [1.29, 1.82) is 0 Å². The molecule has 1 aromatic carbocycles. The first-order valence-electron chi connectivity index (χ1n) is 4.27. The minimum absolute atomic E-state index is 0.137. The summed E-state index contributed by atoms with van der Waals surface area (Å²) in [5.41, 5.74) is 6.33. The summed E-state index contributed by atoms with van der Waals surface area (Å²) in [7, 11) is 1.42. The number of ether oxygens (including phenoxy) is 1. The Morgan fingerprint density at radius 1 is 1.43 bits per heavy atom. The second-order valence-corrected chi connectivity index (χ2v) is 5.19. The molecule has 0 aromatic heterocycles. The predicted molar refractivity (Wildman–Crippen MR) is 57.7 cm³/mol. The molecule has 0 amide bonds. The third kappa shape index (κ3) is 3.81. The summed E-state index contributed by atoms with van der Waals surface area (Å²) in [4.78, 5) is 10.8. The Kier molecular flexibility index (Phi) is 4.50. The van der Waals surface area contributed by atoms with E-state index >= 15 is 0 Å². The zero-order valence-corrected chi connectivity index (χ0v) is 9.74. The van der Waals surface area contributed by atoms with Crippen molar-refractivity contribution in [1.82, 2.24) is 0 Å². The van der Waals surface area contributed by atoms with Gasteiger partial charge in [-0.05, 0) is 0 Å². The summed E-state index contributed by atoms with van der Waals surface area (Å²) in [5.74, 6) is -0.137. The number of carbonyl (C=O) groups excluding carboxylic acids is 1. The molecule has 0 aliphatic rings. The SMILES string of the molecule is COC(=O)CC[Se]c1ccc(N)cc1. The molecule has 1 aromatic rings. The van der Waals surface area contributed by atoms with Crippen molar-refractivity contribution in [3.8, 4) is 0 Å². The van der Waals surface area contributed by atoms with Gasteiger partial charge in [0.25, 0.3) is 0 Å².